The highest BCUT2D eigenvalue weighted by atomic mass is 32.2. The van der Waals surface area contributed by atoms with Gasteiger partial charge in [0.05, 0.1) is 10.2 Å². The molecule has 0 spiro atoms. The van der Waals surface area contributed by atoms with Crippen LogP contribution >= 0.6 is 23.1 Å². The highest BCUT2D eigenvalue weighted by Crippen LogP contribution is 2.30. The summed E-state index contributed by atoms with van der Waals surface area (Å²) in [7, 11) is 0. The molecule has 34 heavy (non-hydrogen) atoms. The van der Waals surface area contributed by atoms with E-state index in [0.29, 0.717) is 6.42 Å². The fourth-order valence-electron chi connectivity index (χ4n) is 4.50. The number of rotatable bonds is 8. The Morgan fingerprint density at radius 2 is 1.47 bits per heavy atom. The largest absolute Gasteiger partial charge is 0.340 e. The summed E-state index contributed by atoms with van der Waals surface area (Å²) in [5.41, 5.74) is 3.49. The van der Waals surface area contributed by atoms with Gasteiger partial charge in [0.15, 0.2) is 4.34 Å². The number of benzene rings is 3. The Kier molecular flexibility index (Phi) is 7.59. The van der Waals surface area contributed by atoms with Crippen LogP contribution in [0.2, 0.25) is 0 Å². The molecule has 2 heterocycles. The summed E-state index contributed by atoms with van der Waals surface area (Å²) in [6, 6.07) is 29.1. The molecule has 4 nitrogen and oxygen atoms in total. The molecule has 0 atom stereocenters. The Bertz CT molecular complexity index is 1130. The van der Waals surface area contributed by atoms with Gasteiger partial charge in [-0.1, -0.05) is 84.6 Å². The van der Waals surface area contributed by atoms with Gasteiger partial charge in [0.1, 0.15) is 0 Å². The molecule has 0 bridgehead atoms. The lowest BCUT2D eigenvalue weighted by Crippen LogP contribution is -2.49. The Labute approximate surface area is 209 Å². The second kappa shape index (κ2) is 11.2. The number of hydrogen-bond acceptors (Lipinski definition) is 5. The third-order valence-electron chi connectivity index (χ3n) is 6.41. The van der Waals surface area contributed by atoms with E-state index in [9.17, 15) is 4.79 Å². The van der Waals surface area contributed by atoms with E-state index in [0.717, 1.165) is 48.3 Å². The molecule has 174 valence electrons. The molecule has 0 aliphatic carbocycles. The van der Waals surface area contributed by atoms with Crippen molar-refractivity contribution in [2.75, 3.05) is 38.5 Å². The number of thiazole rings is 1. The number of para-hydroxylation sites is 1. The summed E-state index contributed by atoms with van der Waals surface area (Å²) in [6.07, 6.45) is 0.515. The number of carbonyl (C=O) groups is 1. The molecule has 1 saturated heterocycles. The maximum atomic E-state index is 13.2. The van der Waals surface area contributed by atoms with Crippen LogP contribution in [0.3, 0.4) is 0 Å². The van der Waals surface area contributed by atoms with Gasteiger partial charge in [-0.15, -0.1) is 11.3 Å². The predicted octanol–water partition coefficient (Wildman–Crippen LogP) is 5.75. The molecular formula is C28H29N3OS2. The van der Waals surface area contributed by atoms with Crippen molar-refractivity contribution < 1.29 is 4.79 Å². The van der Waals surface area contributed by atoms with E-state index in [1.165, 1.54) is 15.8 Å². The van der Waals surface area contributed by atoms with E-state index in [4.69, 9.17) is 4.98 Å². The minimum Gasteiger partial charge on any atom is -0.340 e. The van der Waals surface area contributed by atoms with E-state index in [1.807, 2.05) is 30.0 Å². The van der Waals surface area contributed by atoms with Gasteiger partial charge in [0.2, 0.25) is 5.91 Å². The minimum absolute atomic E-state index is 0.0955. The van der Waals surface area contributed by atoms with Gasteiger partial charge in [0, 0.05) is 50.8 Å². The molecular weight excluding hydrogens is 458 g/mol. The van der Waals surface area contributed by atoms with E-state index in [1.54, 1.807) is 11.3 Å². The lowest BCUT2D eigenvalue weighted by atomic mass is 9.88. The van der Waals surface area contributed by atoms with Crippen molar-refractivity contribution in [2.45, 2.75) is 16.7 Å². The topological polar surface area (TPSA) is 36.4 Å². The van der Waals surface area contributed by atoms with E-state index in [-0.39, 0.29) is 11.8 Å². The average Bonchev–Trinajstić information content (AvgIpc) is 3.31. The standard InChI is InChI=1S/C28H29N3OS2/c32-27(21-24(22-9-3-1-4-10-22)23-11-5-2-6-12-23)31-17-15-30(16-18-31)19-20-33-28-29-25-13-7-8-14-26(25)34-28/h1-14,24H,15-21H2. The first-order valence-electron chi connectivity index (χ1n) is 11.8. The van der Waals surface area contributed by atoms with Gasteiger partial charge in [0.25, 0.3) is 0 Å². The zero-order valence-corrected chi connectivity index (χ0v) is 20.8. The van der Waals surface area contributed by atoms with Crippen molar-refractivity contribution in [3.8, 4) is 0 Å². The van der Waals surface area contributed by atoms with Crippen LogP contribution in [0.5, 0.6) is 0 Å². The SMILES string of the molecule is O=C(CC(c1ccccc1)c1ccccc1)N1CCN(CCSc2nc3ccccc3s2)CC1. The van der Waals surface area contributed by atoms with Gasteiger partial charge in [-0.2, -0.15) is 0 Å². The molecule has 5 rings (SSSR count). The quantitative estimate of drug-likeness (QED) is 0.296. The molecule has 0 radical (unpaired) electrons. The Balaban J connectivity index is 1.12. The molecule has 4 aromatic rings. The summed E-state index contributed by atoms with van der Waals surface area (Å²) in [6.45, 7) is 4.52. The molecule has 1 amide bonds. The molecule has 1 fully saturated rings. The first kappa shape index (κ1) is 23.1. The molecule has 0 unspecified atom stereocenters. The lowest BCUT2D eigenvalue weighted by molar-refractivity contribution is -0.133. The fraction of sp³-hybridized carbons (Fsp3) is 0.286. The Morgan fingerprint density at radius 3 is 2.12 bits per heavy atom. The van der Waals surface area contributed by atoms with E-state index < -0.39 is 0 Å². The Hall–Kier alpha value is -2.67. The summed E-state index contributed by atoms with van der Waals surface area (Å²) in [5, 5.41) is 0. The molecule has 1 aliphatic rings. The van der Waals surface area contributed by atoms with Crippen LogP contribution in [0.25, 0.3) is 10.2 Å². The van der Waals surface area contributed by atoms with Crippen LogP contribution in [0.4, 0.5) is 0 Å². The molecule has 0 N–H and O–H groups in total. The number of fused-ring (bicyclic) bond motifs is 1. The molecule has 1 aromatic heterocycles. The molecule has 1 aliphatic heterocycles. The van der Waals surface area contributed by atoms with Crippen LogP contribution in [0.15, 0.2) is 89.3 Å². The second-order valence-electron chi connectivity index (χ2n) is 8.60. The summed E-state index contributed by atoms with van der Waals surface area (Å²) in [5.74, 6) is 1.37. The summed E-state index contributed by atoms with van der Waals surface area (Å²) in [4.78, 5) is 22.5. The van der Waals surface area contributed by atoms with Crippen molar-refractivity contribution in [3.05, 3.63) is 96.1 Å². The Morgan fingerprint density at radius 1 is 0.853 bits per heavy atom. The number of hydrogen-bond donors (Lipinski definition) is 0. The third-order valence-corrected chi connectivity index (χ3v) is 8.57. The normalized spacial score (nSPS) is 14.7. The fourth-order valence-corrected chi connectivity index (χ4v) is 6.64. The maximum absolute atomic E-state index is 13.2. The van der Waals surface area contributed by atoms with E-state index >= 15 is 0 Å². The monoisotopic (exact) mass is 487 g/mol. The van der Waals surface area contributed by atoms with E-state index in [2.05, 4.69) is 76.5 Å². The van der Waals surface area contributed by atoms with Crippen LogP contribution in [0.1, 0.15) is 23.5 Å². The van der Waals surface area contributed by atoms with Crippen molar-refractivity contribution in [1.29, 1.82) is 0 Å². The lowest BCUT2D eigenvalue weighted by Gasteiger charge is -2.35. The zero-order valence-electron chi connectivity index (χ0n) is 19.2. The second-order valence-corrected chi connectivity index (χ2v) is 11.0. The number of piperazine rings is 1. The highest BCUT2D eigenvalue weighted by molar-refractivity contribution is 8.01. The number of nitrogens with zero attached hydrogens (tertiary/aromatic N) is 3. The predicted molar refractivity (Wildman–Crippen MR) is 143 cm³/mol. The van der Waals surface area contributed by atoms with Gasteiger partial charge in [-0.25, -0.2) is 4.98 Å². The van der Waals surface area contributed by atoms with Crippen LogP contribution < -0.4 is 0 Å². The smallest absolute Gasteiger partial charge is 0.223 e. The van der Waals surface area contributed by atoms with Crippen LogP contribution in [-0.2, 0) is 4.79 Å². The third kappa shape index (κ3) is 5.69. The number of carbonyl (C=O) groups excluding carboxylic acids is 1. The molecule has 3 aromatic carbocycles. The zero-order chi connectivity index (χ0) is 23.2. The molecule has 6 heteroatoms. The van der Waals surface area contributed by atoms with Crippen molar-refractivity contribution in [2.24, 2.45) is 0 Å². The van der Waals surface area contributed by atoms with Gasteiger partial charge in [-0.05, 0) is 23.3 Å². The van der Waals surface area contributed by atoms with Crippen molar-refractivity contribution in [3.63, 3.8) is 0 Å². The first-order chi connectivity index (χ1) is 16.8. The van der Waals surface area contributed by atoms with Crippen LogP contribution in [-0.4, -0.2) is 59.2 Å². The highest BCUT2D eigenvalue weighted by Gasteiger charge is 2.25. The number of amides is 1. The number of aromatic nitrogens is 1. The minimum atomic E-state index is 0.0955. The maximum Gasteiger partial charge on any atom is 0.223 e. The van der Waals surface area contributed by atoms with Crippen molar-refractivity contribution >= 4 is 39.2 Å². The van der Waals surface area contributed by atoms with Gasteiger partial charge >= 0.3 is 0 Å². The first-order valence-corrected chi connectivity index (χ1v) is 13.6. The van der Waals surface area contributed by atoms with Crippen LogP contribution in [0, 0.1) is 0 Å². The molecule has 0 saturated carbocycles. The van der Waals surface area contributed by atoms with Gasteiger partial charge < -0.3 is 4.90 Å². The summed E-state index contributed by atoms with van der Waals surface area (Å²) < 4.78 is 2.39. The average molecular weight is 488 g/mol. The van der Waals surface area contributed by atoms with Gasteiger partial charge in [-0.3, -0.25) is 9.69 Å². The van der Waals surface area contributed by atoms with Crippen molar-refractivity contribution in [1.82, 2.24) is 14.8 Å². The number of thioether (sulfide) groups is 1. The summed E-state index contributed by atoms with van der Waals surface area (Å²) >= 11 is 3.61.